The largest absolute Gasteiger partial charge is 0.310 e. The van der Waals surface area contributed by atoms with Gasteiger partial charge in [-0.05, 0) is 50.7 Å². The van der Waals surface area contributed by atoms with Gasteiger partial charge in [-0.2, -0.15) is 0 Å². The van der Waals surface area contributed by atoms with E-state index >= 15 is 0 Å². The number of hydrogen-bond donors (Lipinski definition) is 1. The van der Waals surface area contributed by atoms with Crippen LogP contribution in [-0.2, 0) is 20.2 Å². The fourth-order valence-corrected chi connectivity index (χ4v) is 4.46. The van der Waals surface area contributed by atoms with E-state index in [1.807, 2.05) is 7.05 Å². The Bertz CT molecular complexity index is 805. The lowest BCUT2D eigenvalue weighted by atomic mass is 9.74. The number of carbonyl (C=O) groups is 1. The van der Waals surface area contributed by atoms with E-state index in [9.17, 15) is 13.2 Å². The van der Waals surface area contributed by atoms with Crippen molar-refractivity contribution in [3.05, 3.63) is 27.7 Å². The van der Waals surface area contributed by atoms with E-state index in [0.29, 0.717) is 22.9 Å². The first kappa shape index (κ1) is 18.9. The van der Waals surface area contributed by atoms with E-state index in [4.69, 9.17) is 23.2 Å². The monoisotopic (exact) mass is 405 g/mol. The van der Waals surface area contributed by atoms with E-state index < -0.39 is 15.4 Å². The predicted molar refractivity (Wildman–Crippen MR) is 100 cm³/mol. The average Bonchev–Trinajstić information content (AvgIpc) is 2.72. The lowest BCUT2D eigenvalue weighted by Gasteiger charge is -2.37. The second kappa shape index (κ2) is 6.70. The van der Waals surface area contributed by atoms with Crippen LogP contribution >= 0.6 is 23.2 Å². The van der Waals surface area contributed by atoms with E-state index in [2.05, 4.69) is 9.62 Å². The maximum Gasteiger partial charge on any atom is 0.237 e. The Labute approximate surface area is 158 Å². The van der Waals surface area contributed by atoms with Gasteiger partial charge < -0.3 is 9.80 Å². The highest BCUT2D eigenvalue weighted by molar-refractivity contribution is 7.88. The zero-order chi connectivity index (χ0) is 18.4. The number of piperidine rings is 1. The van der Waals surface area contributed by atoms with Crippen LogP contribution in [0.4, 0.5) is 5.69 Å². The molecule has 1 N–H and O–H groups in total. The number of rotatable bonds is 4. The van der Waals surface area contributed by atoms with Crippen molar-refractivity contribution in [2.24, 2.45) is 0 Å². The highest BCUT2D eigenvalue weighted by Crippen LogP contribution is 2.49. The van der Waals surface area contributed by atoms with Gasteiger partial charge in [-0.15, -0.1) is 0 Å². The van der Waals surface area contributed by atoms with Crippen molar-refractivity contribution >= 4 is 44.8 Å². The molecule has 1 aromatic carbocycles. The Morgan fingerprint density at radius 2 is 1.80 bits per heavy atom. The highest BCUT2D eigenvalue weighted by Gasteiger charge is 2.51. The average molecular weight is 406 g/mol. The number of anilines is 1. The van der Waals surface area contributed by atoms with Crippen LogP contribution in [0.2, 0.25) is 10.0 Å². The molecule has 0 aromatic heterocycles. The van der Waals surface area contributed by atoms with Gasteiger partial charge in [-0.25, -0.2) is 13.1 Å². The molecule has 6 nitrogen and oxygen atoms in total. The van der Waals surface area contributed by atoms with Gasteiger partial charge in [0.15, 0.2) is 0 Å². The lowest BCUT2D eigenvalue weighted by Crippen LogP contribution is -2.48. The van der Waals surface area contributed by atoms with Crippen LogP contribution in [0.5, 0.6) is 0 Å². The molecule has 0 atom stereocenters. The summed E-state index contributed by atoms with van der Waals surface area (Å²) in [6.45, 7) is 2.05. The summed E-state index contributed by atoms with van der Waals surface area (Å²) >= 11 is 12.4. The van der Waals surface area contributed by atoms with Crippen molar-refractivity contribution in [3.63, 3.8) is 0 Å². The molecular weight excluding hydrogens is 385 g/mol. The van der Waals surface area contributed by atoms with Crippen molar-refractivity contribution in [1.82, 2.24) is 9.62 Å². The lowest BCUT2D eigenvalue weighted by molar-refractivity contribution is -0.124. The fourth-order valence-electron chi connectivity index (χ4n) is 3.67. The molecule has 0 radical (unpaired) electrons. The quantitative estimate of drug-likeness (QED) is 0.829. The molecule has 0 saturated carbocycles. The number of nitrogens with one attached hydrogen (secondary N) is 1. The molecule has 25 heavy (non-hydrogen) atoms. The molecule has 2 heterocycles. The van der Waals surface area contributed by atoms with E-state index in [1.165, 1.54) is 0 Å². The first-order valence-electron chi connectivity index (χ1n) is 8.09. The van der Waals surface area contributed by atoms with E-state index in [-0.39, 0.29) is 19.0 Å². The molecule has 2 aliphatic heterocycles. The van der Waals surface area contributed by atoms with Crippen LogP contribution in [-0.4, -0.2) is 58.7 Å². The van der Waals surface area contributed by atoms with Gasteiger partial charge in [0, 0.05) is 18.8 Å². The summed E-state index contributed by atoms with van der Waals surface area (Å²) in [4.78, 5) is 17.1. The molecule has 9 heteroatoms. The van der Waals surface area contributed by atoms with Gasteiger partial charge in [-0.3, -0.25) is 4.79 Å². The van der Waals surface area contributed by atoms with Gasteiger partial charge in [0.25, 0.3) is 0 Å². The summed E-state index contributed by atoms with van der Waals surface area (Å²) in [6, 6.07) is 3.51. The van der Waals surface area contributed by atoms with Gasteiger partial charge in [0.05, 0.1) is 21.7 Å². The van der Waals surface area contributed by atoms with Crippen molar-refractivity contribution in [1.29, 1.82) is 0 Å². The molecule has 1 amide bonds. The molecule has 1 aromatic rings. The number of fused-ring (bicyclic) bond motifs is 2. The molecule has 1 spiro atoms. The van der Waals surface area contributed by atoms with Crippen LogP contribution in [0.15, 0.2) is 12.1 Å². The van der Waals surface area contributed by atoms with Crippen molar-refractivity contribution < 1.29 is 13.2 Å². The molecule has 1 saturated heterocycles. The molecular formula is C16H21Cl2N3O3S. The Balaban J connectivity index is 1.96. The van der Waals surface area contributed by atoms with Crippen LogP contribution < -0.4 is 9.62 Å². The number of likely N-dealkylation sites (tertiary alicyclic amines) is 1. The minimum Gasteiger partial charge on any atom is -0.310 e. The molecule has 0 aliphatic carbocycles. The van der Waals surface area contributed by atoms with Crippen LogP contribution in [0.1, 0.15) is 18.4 Å². The number of carbonyl (C=O) groups excluding carboxylic acids is 1. The summed E-state index contributed by atoms with van der Waals surface area (Å²) in [5.74, 6) is 0.00392. The standard InChI is InChI=1S/C16H21Cl2N3O3S/c1-20-6-3-16(4-7-20)11-9-12(17)13(18)10-14(11)21(15(16)22)8-5-19-25(2,23)24/h9-10,19H,3-8H2,1-2H3. The van der Waals surface area contributed by atoms with Gasteiger partial charge in [-0.1, -0.05) is 23.2 Å². The Morgan fingerprint density at radius 1 is 1.20 bits per heavy atom. The SMILES string of the molecule is CN1CCC2(CC1)C(=O)N(CCNS(C)(=O)=O)c1cc(Cl)c(Cl)cc12. The van der Waals surface area contributed by atoms with Gasteiger partial charge in [0.1, 0.15) is 0 Å². The van der Waals surface area contributed by atoms with Crippen molar-refractivity contribution in [2.75, 3.05) is 44.4 Å². The zero-order valence-electron chi connectivity index (χ0n) is 14.2. The number of sulfonamides is 1. The Kier molecular flexibility index (Phi) is 5.07. The minimum absolute atomic E-state index is 0.00392. The maximum atomic E-state index is 13.3. The second-order valence-corrected chi connectivity index (χ2v) is 9.44. The third-order valence-corrected chi connectivity index (χ3v) is 6.49. The summed E-state index contributed by atoms with van der Waals surface area (Å²) < 4.78 is 25.0. The topological polar surface area (TPSA) is 69.7 Å². The van der Waals surface area contributed by atoms with Crippen LogP contribution in [0.3, 0.4) is 0 Å². The minimum atomic E-state index is -3.31. The molecule has 1 fully saturated rings. The van der Waals surface area contributed by atoms with Crippen molar-refractivity contribution in [2.45, 2.75) is 18.3 Å². The Hall–Kier alpha value is -0.860. The smallest absolute Gasteiger partial charge is 0.237 e. The van der Waals surface area contributed by atoms with Gasteiger partial charge in [0.2, 0.25) is 15.9 Å². The number of nitrogens with zero attached hydrogens (tertiary/aromatic N) is 2. The first-order chi connectivity index (χ1) is 11.6. The highest BCUT2D eigenvalue weighted by atomic mass is 35.5. The molecule has 3 rings (SSSR count). The van der Waals surface area contributed by atoms with Crippen molar-refractivity contribution in [3.8, 4) is 0 Å². The molecule has 2 aliphatic rings. The third-order valence-electron chi connectivity index (χ3n) is 5.04. The number of amides is 1. The summed E-state index contributed by atoms with van der Waals surface area (Å²) in [7, 11) is -1.27. The normalized spacial score (nSPS) is 20.3. The number of benzene rings is 1. The zero-order valence-corrected chi connectivity index (χ0v) is 16.5. The maximum absolute atomic E-state index is 13.3. The van der Waals surface area contributed by atoms with E-state index in [1.54, 1.807) is 17.0 Å². The summed E-state index contributed by atoms with van der Waals surface area (Å²) in [5, 5.41) is 0.821. The van der Waals surface area contributed by atoms with Gasteiger partial charge >= 0.3 is 0 Å². The third kappa shape index (κ3) is 3.53. The number of halogens is 2. The van der Waals surface area contributed by atoms with Crippen LogP contribution in [0, 0.1) is 0 Å². The Morgan fingerprint density at radius 3 is 2.40 bits per heavy atom. The fraction of sp³-hybridized carbons (Fsp3) is 0.562. The molecule has 0 unspecified atom stereocenters. The van der Waals surface area contributed by atoms with E-state index in [0.717, 1.165) is 30.6 Å². The second-order valence-electron chi connectivity index (χ2n) is 6.79. The summed E-state index contributed by atoms with van der Waals surface area (Å²) in [6.07, 6.45) is 2.52. The predicted octanol–water partition coefficient (Wildman–Crippen LogP) is 1.85. The van der Waals surface area contributed by atoms with Crippen LogP contribution in [0.25, 0.3) is 0 Å². The molecule has 0 bridgehead atoms. The first-order valence-corrected chi connectivity index (χ1v) is 10.7. The summed E-state index contributed by atoms with van der Waals surface area (Å²) in [5.41, 5.74) is 1.04. The number of hydrogen-bond acceptors (Lipinski definition) is 4. The molecule has 138 valence electrons.